The zero-order valence-corrected chi connectivity index (χ0v) is 7.29. The lowest BCUT2D eigenvalue weighted by Crippen LogP contribution is -2.00. The van der Waals surface area contributed by atoms with Crippen LogP contribution in [-0.4, -0.2) is 6.61 Å². The second kappa shape index (κ2) is 4.62. The maximum absolute atomic E-state index is 13.0. The van der Waals surface area contributed by atoms with Crippen molar-refractivity contribution < 1.29 is 9.13 Å². The van der Waals surface area contributed by atoms with Crippen LogP contribution >= 0.6 is 0 Å². The number of nitrogens with two attached hydrogens (primary N) is 1. The summed E-state index contributed by atoms with van der Waals surface area (Å²) in [4.78, 5) is 0. The number of rotatable bonds is 4. The first-order valence-corrected chi connectivity index (χ1v) is 4.00. The van der Waals surface area contributed by atoms with E-state index in [1.165, 1.54) is 6.07 Å². The summed E-state index contributed by atoms with van der Waals surface area (Å²) in [6.45, 7) is 4.15. The fourth-order valence-corrected chi connectivity index (χ4v) is 0.934. The third-order valence-electron chi connectivity index (χ3n) is 1.59. The van der Waals surface area contributed by atoms with Gasteiger partial charge in [0.25, 0.3) is 0 Å². The Morgan fingerprint density at radius 2 is 2.31 bits per heavy atom. The molecule has 0 saturated heterocycles. The first-order valence-electron chi connectivity index (χ1n) is 4.00. The fraction of sp³-hybridized carbons (Fsp3) is 0.200. The Hall–Kier alpha value is -1.35. The molecule has 1 aromatic rings. The lowest BCUT2D eigenvalue weighted by atomic mass is 10.2. The van der Waals surface area contributed by atoms with Crippen LogP contribution in [0, 0.1) is 5.82 Å². The van der Waals surface area contributed by atoms with E-state index in [1.54, 1.807) is 18.2 Å². The third-order valence-corrected chi connectivity index (χ3v) is 1.59. The molecule has 13 heavy (non-hydrogen) atoms. The van der Waals surface area contributed by atoms with E-state index < -0.39 is 0 Å². The standard InChI is InChI=1S/C10H12FNO/c1-2-5-13-10-6-8(7-12)3-4-9(10)11/h2-4,6H,1,5,7,12H2. The molecule has 0 aliphatic carbocycles. The Bertz CT molecular complexity index is 299. The van der Waals surface area contributed by atoms with Crippen molar-refractivity contribution in [2.75, 3.05) is 6.61 Å². The van der Waals surface area contributed by atoms with Gasteiger partial charge in [-0.3, -0.25) is 0 Å². The smallest absolute Gasteiger partial charge is 0.165 e. The van der Waals surface area contributed by atoms with Crippen molar-refractivity contribution in [1.82, 2.24) is 0 Å². The Labute approximate surface area is 76.8 Å². The molecule has 1 rings (SSSR count). The van der Waals surface area contributed by atoms with Crippen LogP contribution in [0.15, 0.2) is 30.9 Å². The van der Waals surface area contributed by atoms with Gasteiger partial charge in [-0.2, -0.15) is 0 Å². The zero-order chi connectivity index (χ0) is 9.68. The summed E-state index contributed by atoms with van der Waals surface area (Å²) in [5.41, 5.74) is 6.25. The van der Waals surface area contributed by atoms with Crippen LogP contribution in [0.2, 0.25) is 0 Å². The molecule has 2 N–H and O–H groups in total. The summed E-state index contributed by atoms with van der Waals surface area (Å²) in [5.74, 6) is -0.151. The van der Waals surface area contributed by atoms with Gasteiger partial charge in [-0.1, -0.05) is 18.7 Å². The molecule has 0 saturated carbocycles. The lowest BCUT2D eigenvalue weighted by molar-refractivity contribution is 0.341. The monoisotopic (exact) mass is 181 g/mol. The van der Waals surface area contributed by atoms with Crippen molar-refractivity contribution in [1.29, 1.82) is 0 Å². The predicted octanol–water partition coefficient (Wildman–Crippen LogP) is 1.85. The van der Waals surface area contributed by atoms with E-state index in [2.05, 4.69) is 6.58 Å². The molecule has 0 bridgehead atoms. The van der Waals surface area contributed by atoms with Crippen LogP contribution in [0.25, 0.3) is 0 Å². The molecule has 0 amide bonds. The van der Waals surface area contributed by atoms with E-state index in [1.807, 2.05) is 0 Å². The Morgan fingerprint density at radius 1 is 1.54 bits per heavy atom. The van der Waals surface area contributed by atoms with Crippen LogP contribution in [0.1, 0.15) is 5.56 Å². The minimum atomic E-state index is -0.376. The van der Waals surface area contributed by atoms with Crippen molar-refractivity contribution in [3.63, 3.8) is 0 Å². The highest BCUT2D eigenvalue weighted by Gasteiger charge is 2.02. The normalized spacial score (nSPS) is 9.69. The first-order chi connectivity index (χ1) is 6.27. The van der Waals surface area contributed by atoms with Gasteiger partial charge in [0.2, 0.25) is 0 Å². The van der Waals surface area contributed by atoms with Gasteiger partial charge in [-0.25, -0.2) is 4.39 Å². The summed E-state index contributed by atoms with van der Waals surface area (Å²) in [7, 11) is 0. The quantitative estimate of drug-likeness (QED) is 0.719. The molecule has 0 aliphatic rings. The minimum Gasteiger partial charge on any atom is -0.486 e. The SMILES string of the molecule is C=CCOc1cc(CN)ccc1F. The summed E-state index contributed by atoms with van der Waals surface area (Å²) in [6.07, 6.45) is 1.56. The Morgan fingerprint density at radius 3 is 2.92 bits per heavy atom. The average Bonchev–Trinajstić information content (AvgIpc) is 2.17. The number of ether oxygens (including phenoxy) is 1. The predicted molar refractivity (Wildman–Crippen MR) is 50.0 cm³/mol. The first kappa shape index (κ1) is 9.74. The molecule has 0 aliphatic heterocycles. The molecule has 3 heteroatoms. The topological polar surface area (TPSA) is 35.2 Å². The van der Waals surface area contributed by atoms with Crippen molar-refractivity contribution in [2.45, 2.75) is 6.54 Å². The maximum Gasteiger partial charge on any atom is 0.165 e. The van der Waals surface area contributed by atoms with Crippen LogP contribution in [0.4, 0.5) is 4.39 Å². The van der Waals surface area contributed by atoms with Gasteiger partial charge in [-0.05, 0) is 17.7 Å². The van der Waals surface area contributed by atoms with E-state index in [-0.39, 0.29) is 11.6 Å². The van der Waals surface area contributed by atoms with Crippen LogP contribution in [-0.2, 0) is 6.54 Å². The molecular weight excluding hydrogens is 169 g/mol. The number of hydrogen-bond donors (Lipinski definition) is 1. The van der Waals surface area contributed by atoms with Crippen molar-refractivity contribution in [3.05, 3.63) is 42.2 Å². The zero-order valence-electron chi connectivity index (χ0n) is 7.29. The van der Waals surface area contributed by atoms with Crippen LogP contribution < -0.4 is 10.5 Å². The van der Waals surface area contributed by atoms with Gasteiger partial charge in [0, 0.05) is 6.54 Å². The maximum atomic E-state index is 13.0. The van der Waals surface area contributed by atoms with Gasteiger partial charge in [0.05, 0.1) is 0 Å². The molecule has 0 aromatic heterocycles. The highest BCUT2D eigenvalue weighted by molar-refractivity contribution is 5.30. The molecule has 0 spiro atoms. The number of hydrogen-bond acceptors (Lipinski definition) is 2. The third kappa shape index (κ3) is 2.56. The highest BCUT2D eigenvalue weighted by atomic mass is 19.1. The molecule has 70 valence electrons. The molecule has 2 nitrogen and oxygen atoms in total. The van der Waals surface area contributed by atoms with Gasteiger partial charge in [-0.15, -0.1) is 0 Å². The molecule has 0 unspecified atom stereocenters. The summed E-state index contributed by atoms with van der Waals surface area (Å²) in [6, 6.07) is 4.58. The van der Waals surface area contributed by atoms with Crippen molar-refractivity contribution in [3.8, 4) is 5.75 Å². The van der Waals surface area contributed by atoms with Crippen LogP contribution in [0.5, 0.6) is 5.75 Å². The molecule has 0 fully saturated rings. The van der Waals surface area contributed by atoms with Gasteiger partial charge < -0.3 is 10.5 Å². The largest absolute Gasteiger partial charge is 0.486 e. The van der Waals surface area contributed by atoms with E-state index in [4.69, 9.17) is 10.5 Å². The minimum absolute atomic E-state index is 0.225. The summed E-state index contributed by atoms with van der Waals surface area (Å²) >= 11 is 0. The average molecular weight is 181 g/mol. The summed E-state index contributed by atoms with van der Waals surface area (Å²) in [5, 5.41) is 0. The van der Waals surface area contributed by atoms with E-state index in [0.29, 0.717) is 13.2 Å². The molecule has 0 radical (unpaired) electrons. The molecule has 0 atom stereocenters. The lowest BCUT2D eigenvalue weighted by Gasteiger charge is -2.05. The molecule has 1 aromatic carbocycles. The second-order valence-corrected chi connectivity index (χ2v) is 2.57. The van der Waals surface area contributed by atoms with Crippen molar-refractivity contribution in [2.24, 2.45) is 5.73 Å². The summed E-state index contributed by atoms with van der Waals surface area (Å²) < 4.78 is 18.1. The van der Waals surface area contributed by atoms with Crippen LogP contribution in [0.3, 0.4) is 0 Å². The van der Waals surface area contributed by atoms with Gasteiger partial charge in [0.15, 0.2) is 11.6 Å². The Kier molecular flexibility index (Phi) is 3.46. The van der Waals surface area contributed by atoms with E-state index >= 15 is 0 Å². The number of halogens is 1. The highest BCUT2D eigenvalue weighted by Crippen LogP contribution is 2.18. The van der Waals surface area contributed by atoms with Gasteiger partial charge >= 0.3 is 0 Å². The second-order valence-electron chi connectivity index (χ2n) is 2.57. The fourth-order valence-electron chi connectivity index (χ4n) is 0.934. The number of benzene rings is 1. The van der Waals surface area contributed by atoms with Gasteiger partial charge in [0.1, 0.15) is 6.61 Å². The molecular formula is C10H12FNO. The molecule has 0 heterocycles. The van der Waals surface area contributed by atoms with E-state index in [9.17, 15) is 4.39 Å². The van der Waals surface area contributed by atoms with E-state index in [0.717, 1.165) is 5.56 Å². The Balaban J connectivity index is 2.83. The van der Waals surface area contributed by atoms with Crippen molar-refractivity contribution >= 4 is 0 Å².